The first-order valence-electron chi connectivity index (χ1n) is 10.9. The van der Waals surface area contributed by atoms with Gasteiger partial charge in [0.25, 0.3) is 5.91 Å². The van der Waals surface area contributed by atoms with Crippen molar-refractivity contribution in [3.05, 3.63) is 82.9 Å². The van der Waals surface area contributed by atoms with Gasteiger partial charge in [0, 0.05) is 41.9 Å². The third kappa shape index (κ3) is 5.01. The van der Waals surface area contributed by atoms with Crippen LogP contribution in [0.4, 0.5) is 13.2 Å². The zero-order valence-corrected chi connectivity index (χ0v) is 18.2. The SMILES string of the molecule is O=C(NC1CC1)c1cn(-c2cccc(-c3ccc(OCC(F)(F)F)nc3)c2)c2ncccc2c1=O. The first-order chi connectivity index (χ1) is 16.8. The topological polar surface area (TPSA) is 86.1 Å². The number of benzene rings is 1. The lowest BCUT2D eigenvalue weighted by Gasteiger charge is -2.14. The molecule has 0 spiro atoms. The van der Waals surface area contributed by atoms with Crippen LogP contribution in [0.5, 0.6) is 5.88 Å². The van der Waals surface area contributed by atoms with E-state index in [1.807, 2.05) is 12.1 Å². The van der Waals surface area contributed by atoms with Crippen molar-refractivity contribution in [3.63, 3.8) is 0 Å². The number of carbonyl (C=O) groups excluding carboxylic acids is 1. The van der Waals surface area contributed by atoms with E-state index >= 15 is 0 Å². The lowest BCUT2D eigenvalue weighted by atomic mass is 10.1. The van der Waals surface area contributed by atoms with Crippen molar-refractivity contribution in [1.29, 1.82) is 0 Å². The van der Waals surface area contributed by atoms with E-state index in [1.54, 1.807) is 41.1 Å². The Hall–Kier alpha value is -4.21. The molecule has 1 amide bonds. The maximum atomic E-state index is 13.0. The molecule has 0 aliphatic heterocycles. The maximum absolute atomic E-state index is 13.0. The second-order valence-electron chi connectivity index (χ2n) is 8.20. The Morgan fingerprint density at radius 1 is 1.09 bits per heavy atom. The molecule has 0 radical (unpaired) electrons. The number of pyridine rings is 3. The average Bonchev–Trinajstić information content (AvgIpc) is 3.67. The van der Waals surface area contributed by atoms with E-state index in [2.05, 4.69) is 20.0 Å². The number of halogens is 3. The number of nitrogens with zero attached hydrogens (tertiary/aromatic N) is 3. The highest BCUT2D eigenvalue weighted by molar-refractivity contribution is 5.97. The zero-order valence-electron chi connectivity index (χ0n) is 18.2. The van der Waals surface area contributed by atoms with E-state index in [0.717, 1.165) is 18.4 Å². The second kappa shape index (κ2) is 8.86. The quantitative estimate of drug-likeness (QED) is 0.445. The smallest absolute Gasteiger partial charge is 0.422 e. The molecule has 35 heavy (non-hydrogen) atoms. The molecule has 1 fully saturated rings. The van der Waals surface area contributed by atoms with Crippen LogP contribution in [-0.4, -0.2) is 39.3 Å². The van der Waals surface area contributed by atoms with Crippen LogP contribution < -0.4 is 15.5 Å². The maximum Gasteiger partial charge on any atom is 0.422 e. The molecule has 1 saturated carbocycles. The summed E-state index contributed by atoms with van der Waals surface area (Å²) in [6.07, 6.45) is 1.81. The Kier molecular flexibility index (Phi) is 5.72. The van der Waals surface area contributed by atoms with Crippen molar-refractivity contribution in [2.24, 2.45) is 0 Å². The summed E-state index contributed by atoms with van der Waals surface area (Å²) in [5, 5.41) is 3.17. The third-order valence-electron chi connectivity index (χ3n) is 5.50. The fraction of sp³-hybridized carbons (Fsp3) is 0.200. The summed E-state index contributed by atoms with van der Waals surface area (Å²) in [5.74, 6) is -0.559. The van der Waals surface area contributed by atoms with Gasteiger partial charge in [-0.2, -0.15) is 13.2 Å². The molecule has 0 bridgehead atoms. The van der Waals surface area contributed by atoms with Gasteiger partial charge in [-0.05, 0) is 48.7 Å². The molecule has 3 heterocycles. The fourth-order valence-electron chi connectivity index (χ4n) is 3.64. The van der Waals surface area contributed by atoms with Gasteiger partial charge in [0.05, 0.1) is 5.39 Å². The Bertz CT molecular complexity index is 1460. The summed E-state index contributed by atoms with van der Waals surface area (Å²) in [4.78, 5) is 34.0. The molecule has 0 unspecified atom stereocenters. The molecule has 4 aromatic rings. The number of rotatable bonds is 6. The van der Waals surface area contributed by atoms with Gasteiger partial charge in [-0.1, -0.05) is 12.1 Å². The monoisotopic (exact) mass is 480 g/mol. The standard InChI is InChI=1S/C25H19F3N4O3/c26-25(27,28)14-35-21-9-6-16(12-30-21)15-3-1-4-18(11-15)32-13-20(24(34)31-17-7-8-17)22(33)19-5-2-10-29-23(19)32/h1-6,9-13,17H,7-8,14H2,(H,31,34). The van der Waals surface area contributed by atoms with Crippen LogP contribution in [-0.2, 0) is 0 Å². The molecule has 1 aliphatic rings. The van der Waals surface area contributed by atoms with Crippen LogP contribution in [0.2, 0.25) is 0 Å². The highest BCUT2D eigenvalue weighted by Gasteiger charge is 2.28. The summed E-state index contributed by atoms with van der Waals surface area (Å²) in [6.45, 7) is -1.42. The minimum atomic E-state index is -4.45. The molecule has 178 valence electrons. The minimum absolute atomic E-state index is 0.0237. The van der Waals surface area contributed by atoms with Gasteiger partial charge < -0.3 is 14.6 Å². The van der Waals surface area contributed by atoms with Crippen LogP contribution in [0.1, 0.15) is 23.2 Å². The van der Waals surface area contributed by atoms with Crippen molar-refractivity contribution in [1.82, 2.24) is 19.9 Å². The minimum Gasteiger partial charge on any atom is -0.468 e. The molecule has 10 heteroatoms. The summed E-state index contributed by atoms with van der Waals surface area (Å²) in [5.41, 5.74) is 2.05. The summed E-state index contributed by atoms with van der Waals surface area (Å²) >= 11 is 0. The fourth-order valence-corrected chi connectivity index (χ4v) is 3.64. The molecular weight excluding hydrogens is 461 g/mol. The summed E-state index contributed by atoms with van der Waals surface area (Å²) in [7, 11) is 0. The predicted octanol–water partition coefficient (Wildman–Crippen LogP) is 4.28. The van der Waals surface area contributed by atoms with Gasteiger partial charge in [-0.25, -0.2) is 9.97 Å². The van der Waals surface area contributed by atoms with E-state index in [0.29, 0.717) is 22.3 Å². The van der Waals surface area contributed by atoms with Crippen LogP contribution in [0, 0.1) is 0 Å². The molecular formula is C25H19F3N4O3. The van der Waals surface area contributed by atoms with Gasteiger partial charge in [0.1, 0.15) is 11.2 Å². The highest BCUT2D eigenvalue weighted by atomic mass is 19.4. The lowest BCUT2D eigenvalue weighted by molar-refractivity contribution is -0.154. The van der Waals surface area contributed by atoms with Gasteiger partial charge in [-0.3, -0.25) is 9.59 Å². The first kappa shape index (κ1) is 22.6. The molecule has 1 N–H and O–H groups in total. The van der Waals surface area contributed by atoms with Crippen LogP contribution >= 0.6 is 0 Å². The Morgan fingerprint density at radius 3 is 2.63 bits per heavy atom. The van der Waals surface area contributed by atoms with Gasteiger partial charge in [-0.15, -0.1) is 0 Å². The molecule has 1 aliphatic carbocycles. The molecule has 5 rings (SSSR count). The molecule has 7 nitrogen and oxygen atoms in total. The van der Waals surface area contributed by atoms with Gasteiger partial charge >= 0.3 is 6.18 Å². The van der Waals surface area contributed by atoms with Crippen molar-refractivity contribution in [2.75, 3.05) is 6.61 Å². The number of nitrogens with one attached hydrogen (secondary N) is 1. The third-order valence-corrected chi connectivity index (χ3v) is 5.50. The number of hydrogen-bond acceptors (Lipinski definition) is 5. The second-order valence-corrected chi connectivity index (χ2v) is 8.20. The van der Waals surface area contributed by atoms with E-state index < -0.39 is 24.1 Å². The molecule has 1 aromatic carbocycles. The number of hydrogen-bond donors (Lipinski definition) is 1. The van der Waals surface area contributed by atoms with Gasteiger partial charge in [0.15, 0.2) is 6.61 Å². The van der Waals surface area contributed by atoms with Gasteiger partial charge in [0.2, 0.25) is 11.3 Å². The number of alkyl halides is 3. The number of fused-ring (bicyclic) bond motifs is 1. The van der Waals surface area contributed by atoms with E-state index in [9.17, 15) is 22.8 Å². The number of aromatic nitrogens is 3. The summed E-state index contributed by atoms with van der Waals surface area (Å²) < 4.78 is 43.4. The van der Waals surface area contributed by atoms with Crippen molar-refractivity contribution < 1.29 is 22.7 Å². The molecule has 3 aromatic heterocycles. The molecule has 0 atom stereocenters. The average molecular weight is 480 g/mol. The predicted molar refractivity (Wildman–Crippen MR) is 123 cm³/mol. The van der Waals surface area contributed by atoms with Crippen LogP contribution in [0.25, 0.3) is 27.8 Å². The Balaban J connectivity index is 1.52. The Morgan fingerprint density at radius 2 is 1.91 bits per heavy atom. The zero-order chi connectivity index (χ0) is 24.6. The Labute approximate surface area is 197 Å². The van der Waals surface area contributed by atoms with E-state index in [1.165, 1.54) is 18.5 Å². The largest absolute Gasteiger partial charge is 0.468 e. The first-order valence-corrected chi connectivity index (χ1v) is 10.9. The molecule has 0 saturated heterocycles. The number of carbonyl (C=O) groups is 1. The lowest BCUT2D eigenvalue weighted by Crippen LogP contribution is -2.31. The normalized spacial score (nSPS) is 13.6. The van der Waals surface area contributed by atoms with Crippen LogP contribution in [0.15, 0.2) is 71.9 Å². The van der Waals surface area contributed by atoms with Crippen molar-refractivity contribution >= 4 is 16.9 Å². The highest BCUT2D eigenvalue weighted by Crippen LogP contribution is 2.26. The number of amides is 1. The van der Waals surface area contributed by atoms with Crippen molar-refractivity contribution in [3.8, 4) is 22.7 Å². The van der Waals surface area contributed by atoms with E-state index in [-0.39, 0.29) is 17.5 Å². The van der Waals surface area contributed by atoms with Crippen LogP contribution in [0.3, 0.4) is 0 Å². The number of ether oxygens (including phenoxy) is 1. The summed E-state index contributed by atoms with van der Waals surface area (Å²) in [6, 6.07) is 13.6. The van der Waals surface area contributed by atoms with Crippen molar-refractivity contribution in [2.45, 2.75) is 25.1 Å². The van der Waals surface area contributed by atoms with E-state index in [4.69, 9.17) is 0 Å².